The second-order valence-electron chi connectivity index (χ2n) is 6.79. The Hall–Kier alpha value is -1.84. The van der Waals surface area contributed by atoms with Crippen molar-refractivity contribution >= 4 is 10.0 Å². The van der Waals surface area contributed by atoms with Crippen molar-refractivity contribution in [3.05, 3.63) is 41.8 Å². The van der Waals surface area contributed by atoms with Gasteiger partial charge in [-0.15, -0.1) is 0 Å². The molecule has 1 aromatic heterocycles. The Morgan fingerprint density at radius 3 is 2.85 bits per heavy atom. The van der Waals surface area contributed by atoms with Crippen LogP contribution in [-0.2, 0) is 21.2 Å². The maximum Gasteiger partial charge on any atom is 0.243 e. The van der Waals surface area contributed by atoms with Crippen molar-refractivity contribution in [2.24, 2.45) is 5.92 Å². The summed E-state index contributed by atoms with van der Waals surface area (Å²) in [6.45, 7) is 1.85. The van der Waals surface area contributed by atoms with E-state index in [1.165, 1.54) is 35.3 Å². The Bertz CT molecular complexity index is 876. The summed E-state index contributed by atoms with van der Waals surface area (Å²) in [5.41, 5.74) is 0. The minimum Gasteiger partial charge on any atom is -0.381 e. The van der Waals surface area contributed by atoms with Crippen molar-refractivity contribution in [2.45, 2.75) is 30.1 Å². The van der Waals surface area contributed by atoms with E-state index in [0.717, 1.165) is 18.6 Å². The quantitative estimate of drug-likeness (QED) is 0.650. The van der Waals surface area contributed by atoms with E-state index in [1.54, 1.807) is 0 Å². The van der Waals surface area contributed by atoms with Crippen LogP contribution in [0.3, 0.4) is 0 Å². The van der Waals surface area contributed by atoms with Gasteiger partial charge in [0.25, 0.3) is 0 Å². The number of sulfonamides is 1. The second-order valence-corrected chi connectivity index (χ2v) is 8.73. The van der Waals surface area contributed by atoms with Crippen molar-refractivity contribution in [2.75, 3.05) is 26.3 Å². The highest BCUT2D eigenvalue weighted by molar-refractivity contribution is 7.89. The van der Waals surface area contributed by atoms with Gasteiger partial charge >= 0.3 is 0 Å². The highest BCUT2D eigenvalue weighted by atomic mass is 32.2. The van der Waals surface area contributed by atoms with E-state index in [1.807, 2.05) is 0 Å². The molecule has 9 heteroatoms. The lowest BCUT2D eigenvalue weighted by atomic mass is 10.0. The Morgan fingerprint density at radius 1 is 1.31 bits per heavy atom. The zero-order valence-corrected chi connectivity index (χ0v) is 15.0. The predicted molar refractivity (Wildman–Crippen MR) is 89.4 cm³/mol. The summed E-state index contributed by atoms with van der Waals surface area (Å²) >= 11 is 0. The van der Waals surface area contributed by atoms with Gasteiger partial charge in [0.1, 0.15) is 5.82 Å². The Balaban J connectivity index is 1.30. The first kappa shape index (κ1) is 17.6. The molecule has 1 aromatic carbocycles. The van der Waals surface area contributed by atoms with E-state index in [0.29, 0.717) is 24.7 Å². The summed E-state index contributed by atoms with van der Waals surface area (Å²) in [6.07, 6.45) is 3.08. The molecule has 2 aliphatic rings. The van der Waals surface area contributed by atoms with Gasteiger partial charge in [-0.25, -0.2) is 12.8 Å². The highest BCUT2D eigenvalue weighted by Crippen LogP contribution is 2.31. The molecule has 0 bridgehead atoms. The summed E-state index contributed by atoms with van der Waals surface area (Å²) in [7, 11) is -3.70. The number of ether oxygens (including phenoxy) is 1. The van der Waals surface area contributed by atoms with Crippen LogP contribution >= 0.6 is 0 Å². The summed E-state index contributed by atoms with van der Waals surface area (Å²) < 4.78 is 50.3. The summed E-state index contributed by atoms with van der Waals surface area (Å²) in [5, 5.41) is 3.92. The number of halogens is 1. The number of aromatic nitrogens is 2. The van der Waals surface area contributed by atoms with Gasteiger partial charge in [0.15, 0.2) is 5.82 Å². The lowest BCUT2D eigenvalue weighted by Gasteiger charge is -2.35. The molecule has 7 nitrogen and oxygen atoms in total. The van der Waals surface area contributed by atoms with Crippen LogP contribution in [0.15, 0.2) is 33.7 Å². The molecule has 0 amide bonds. The van der Waals surface area contributed by atoms with Crippen LogP contribution in [0.4, 0.5) is 4.39 Å². The van der Waals surface area contributed by atoms with Gasteiger partial charge in [-0.1, -0.05) is 11.2 Å². The number of hydrogen-bond acceptors (Lipinski definition) is 6. The predicted octanol–water partition coefficient (Wildman–Crippen LogP) is 1.97. The lowest BCUT2D eigenvalue weighted by molar-refractivity contribution is 0.125. The minimum atomic E-state index is -3.70. The normalized spacial score (nSPS) is 18.8. The van der Waals surface area contributed by atoms with Crippen LogP contribution in [-0.4, -0.2) is 49.2 Å². The maximum absolute atomic E-state index is 13.3. The molecule has 1 aliphatic carbocycles. The number of rotatable bonds is 8. The van der Waals surface area contributed by atoms with E-state index < -0.39 is 15.8 Å². The molecule has 2 heterocycles. The van der Waals surface area contributed by atoms with Gasteiger partial charge in [-0.3, -0.25) is 0 Å². The fourth-order valence-corrected chi connectivity index (χ4v) is 4.36. The van der Waals surface area contributed by atoms with Crippen molar-refractivity contribution in [1.82, 2.24) is 14.4 Å². The van der Waals surface area contributed by atoms with Crippen molar-refractivity contribution in [1.29, 1.82) is 0 Å². The highest BCUT2D eigenvalue weighted by Gasteiger charge is 2.40. The van der Waals surface area contributed by atoms with Crippen LogP contribution in [0.5, 0.6) is 0 Å². The third-order valence-corrected chi connectivity index (χ3v) is 6.46. The molecule has 0 radical (unpaired) electrons. The van der Waals surface area contributed by atoms with E-state index in [4.69, 9.17) is 9.26 Å². The first-order chi connectivity index (χ1) is 12.5. The average Bonchev–Trinajstić information content (AvgIpc) is 3.28. The van der Waals surface area contributed by atoms with Crippen LogP contribution in [0.2, 0.25) is 0 Å². The van der Waals surface area contributed by atoms with E-state index in [-0.39, 0.29) is 23.9 Å². The zero-order valence-electron chi connectivity index (χ0n) is 14.2. The molecule has 0 N–H and O–H groups in total. The summed E-state index contributed by atoms with van der Waals surface area (Å²) in [5.74, 6) is 1.02. The van der Waals surface area contributed by atoms with E-state index >= 15 is 0 Å². The molecule has 2 aromatic rings. The maximum atomic E-state index is 13.3. The van der Waals surface area contributed by atoms with Crippen LogP contribution in [0.25, 0.3) is 0 Å². The van der Waals surface area contributed by atoms with Crippen molar-refractivity contribution in [3.63, 3.8) is 0 Å². The molecular formula is C17H20FN3O4S. The Morgan fingerprint density at radius 2 is 2.12 bits per heavy atom. The molecule has 140 valence electrons. The Kier molecular flexibility index (Phi) is 4.76. The smallest absolute Gasteiger partial charge is 0.243 e. The van der Waals surface area contributed by atoms with Crippen LogP contribution < -0.4 is 0 Å². The molecule has 0 spiro atoms. The first-order valence-corrected chi connectivity index (χ1v) is 10.1. The topological polar surface area (TPSA) is 85.5 Å². The summed E-state index contributed by atoms with van der Waals surface area (Å²) in [6, 6.07) is 5.01. The van der Waals surface area contributed by atoms with Gasteiger partial charge < -0.3 is 9.26 Å². The monoisotopic (exact) mass is 381 g/mol. The second kappa shape index (κ2) is 7.05. The van der Waals surface area contributed by atoms with Gasteiger partial charge in [0.05, 0.1) is 17.4 Å². The summed E-state index contributed by atoms with van der Waals surface area (Å²) in [4.78, 5) is 4.28. The molecule has 0 atom stereocenters. The SMILES string of the molecule is O=S(=O)(c1cccc(F)c1)N1CC(c2nc(CCOCC3CC3)no2)C1. The third-order valence-electron chi connectivity index (χ3n) is 4.64. The third kappa shape index (κ3) is 3.79. The molecule has 4 rings (SSSR count). The van der Waals surface area contributed by atoms with E-state index in [9.17, 15) is 12.8 Å². The molecule has 2 fully saturated rings. The standard InChI is InChI=1S/C17H20FN3O4S/c18-14-2-1-3-15(8-14)26(22,23)21-9-13(10-21)17-19-16(20-25-17)6-7-24-11-12-4-5-12/h1-3,8,12-13H,4-7,9-11H2. The van der Waals surface area contributed by atoms with Gasteiger partial charge in [0.2, 0.25) is 15.9 Å². The van der Waals surface area contributed by atoms with Crippen LogP contribution in [0.1, 0.15) is 30.5 Å². The fraction of sp³-hybridized carbons (Fsp3) is 0.529. The molecular weight excluding hydrogens is 361 g/mol. The molecule has 1 saturated carbocycles. The fourth-order valence-electron chi connectivity index (χ4n) is 2.80. The molecule has 0 unspecified atom stereocenters. The number of hydrogen-bond donors (Lipinski definition) is 0. The number of nitrogens with zero attached hydrogens (tertiary/aromatic N) is 3. The minimum absolute atomic E-state index is 0.0463. The first-order valence-electron chi connectivity index (χ1n) is 8.68. The van der Waals surface area contributed by atoms with Gasteiger partial charge in [0, 0.05) is 26.1 Å². The van der Waals surface area contributed by atoms with E-state index in [2.05, 4.69) is 10.1 Å². The van der Waals surface area contributed by atoms with Crippen molar-refractivity contribution < 1.29 is 22.1 Å². The number of benzene rings is 1. The Labute approximate surface area is 151 Å². The molecule has 1 aliphatic heterocycles. The van der Waals surface area contributed by atoms with Crippen LogP contribution in [0, 0.1) is 11.7 Å². The molecule has 26 heavy (non-hydrogen) atoms. The largest absolute Gasteiger partial charge is 0.381 e. The van der Waals surface area contributed by atoms with Gasteiger partial charge in [-0.05, 0) is 37.0 Å². The zero-order chi connectivity index (χ0) is 18.1. The van der Waals surface area contributed by atoms with Crippen molar-refractivity contribution in [3.8, 4) is 0 Å². The van der Waals surface area contributed by atoms with Gasteiger partial charge in [-0.2, -0.15) is 9.29 Å². The lowest BCUT2D eigenvalue weighted by Crippen LogP contribution is -2.48. The molecule has 1 saturated heterocycles. The average molecular weight is 381 g/mol.